The van der Waals surface area contributed by atoms with Gasteiger partial charge in [-0.25, -0.2) is 8.42 Å². The molecule has 306 valence electrons. The maximum absolute atomic E-state index is 14.9. The summed E-state index contributed by atoms with van der Waals surface area (Å²) in [6, 6.07) is 24.0. The number of sulfonamides is 1. The van der Waals surface area contributed by atoms with Crippen LogP contribution in [0.4, 0.5) is 0 Å². The minimum atomic E-state index is -3.91. The molecule has 1 N–H and O–H groups in total. The summed E-state index contributed by atoms with van der Waals surface area (Å²) < 4.78 is 36.9. The lowest BCUT2D eigenvalue weighted by molar-refractivity contribution is -0.142. The lowest BCUT2D eigenvalue weighted by Gasteiger charge is -2.29. The maximum atomic E-state index is 14.9. The van der Waals surface area contributed by atoms with Crippen LogP contribution in [0.1, 0.15) is 102 Å². The van der Waals surface area contributed by atoms with Gasteiger partial charge in [0.25, 0.3) is 6.01 Å². The quantitative estimate of drug-likeness (QED) is 0.169. The number of nitrogens with zero attached hydrogens (tertiary/aromatic N) is 3. The van der Waals surface area contributed by atoms with Gasteiger partial charge in [-0.1, -0.05) is 91.7 Å². The Hall–Kier alpha value is -4.77. The standard InChI is InChI=1S/C47H56N4O6S/c1-31(2)51-39-23-15-22-38(37-21-14-13-16-32(37)3)42(39)48-45(51)57-36-27-40-41(52)29-47(44(54)49-58(55,56)46(4)24-25-46)28-35(47)20-12-7-5-6-11-19-34(43(53)50(40)30-36)26-33-17-9-8-10-18-33/h8-10,12-18,20-23,31,34-36,40H,5-7,11,19,24-30H2,1-4H3,(H,49,54)/b20-12-/t34-,35-,36-,40+,47-/m1/s1. The van der Waals surface area contributed by atoms with Crippen LogP contribution in [0.5, 0.6) is 6.01 Å². The predicted octanol–water partition coefficient (Wildman–Crippen LogP) is 8.28. The van der Waals surface area contributed by atoms with Crippen LogP contribution in [-0.2, 0) is 30.8 Å². The van der Waals surface area contributed by atoms with Crippen LogP contribution < -0.4 is 9.46 Å². The number of ether oxygens (including phenoxy) is 1. The Kier molecular flexibility index (Phi) is 10.9. The SMILES string of the molecule is Cc1ccccc1-c1cccc2c1nc(O[C@@H]1C[C@H]3C(=O)C[C@]4(C(=O)NS(=O)(=O)C5(C)CC5)C[C@H]4/C=C\CCCCC[C@H](Cc4ccccc4)C(=O)N3C1)n2C(C)C. The highest BCUT2D eigenvalue weighted by Gasteiger charge is 2.62. The molecule has 5 atom stereocenters. The first-order valence-corrected chi connectivity index (χ1v) is 22.6. The van der Waals surface area contributed by atoms with E-state index in [4.69, 9.17) is 9.72 Å². The number of hydrogen-bond acceptors (Lipinski definition) is 7. The van der Waals surface area contributed by atoms with Gasteiger partial charge in [0.15, 0.2) is 5.78 Å². The van der Waals surface area contributed by atoms with Crippen LogP contribution >= 0.6 is 0 Å². The molecular weight excluding hydrogens is 749 g/mol. The molecule has 2 amide bonds. The van der Waals surface area contributed by atoms with Crippen molar-refractivity contribution in [1.29, 1.82) is 0 Å². The third kappa shape index (κ3) is 7.74. The van der Waals surface area contributed by atoms with Gasteiger partial charge in [-0.3, -0.25) is 23.7 Å². The van der Waals surface area contributed by atoms with Crippen LogP contribution in [-0.4, -0.2) is 63.9 Å². The molecule has 2 saturated carbocycles. The van der Waals surface area contributed by atoms with Crippen molar-refractivity contribution in [3.8, 4) is 17.1 Å². The number of ketones is 1. The molecule has 4 aliphatic rings. The van der Waals surface area contributed by atoms with E-state index in [0.717, 1.165) is 59.0 Å². The number of amides is 2. The average molecular weight is 805 g/mol. The molecule has 0 spiro atoms. The third-order valence-electron chi connectivity index (χ3n) is 13.2. The Bertz CT molecular complexity index is 2350. The van der Waals surface area contributed by atoms with Crippen molar-refractivity contribution in [2.45, 2.75) is 121 Å². The normalized spacial score (nSPS) is 26.7. The lowest BCUT2D eigenvalue weighted by atomic mass is 9.90. The van der Waals surface area contributed by atoms with Gasteiger partial charge in [0.1, 0.15) is 11.6 Å². The molecule has 11 heteroatoms. The third-order valence-corrected chi connectivity index (χ3v) is 15.4. The second kappa shape index (κ2) is 15.8. The molecule has 0 radical (unpaired) electrons. The van der Waals surface area contributed by atoms with Crippen LogP contribution in [0.25, 0.3) is 22.2 Å². The van der Waals surface area contributed by atoms with Gasteiger partial charge in [0, 0.05) is 30.4 Å². The van der Waals surface area contributed by atoms with E-state index in [9.17, 15) is 22.8 Å². The molecule has 4 aromatic rings. The van der Waals surface area contributed by atoms with Crippen LogP contribution in [0, 0.1) is 24.2 Å². The highest BCUT2D eigenvalue weighted by molar-refractivity contribution is 7.91. The van der Waals surface area contributed by atoms with E-state index >= 15 is 0 Å². The summed E-state index contributed by atoms with van der Waals surface area (Å²) in [4.78, 5) is 50.6. The first-order valence-electron chi connectivity index (χ1n) is 21.1. The number of aromatic nitrogens is 2. The molecule has 10 nitrogen and oxygen atoms in total. The summed E-state index contributed by atoms with van der Waals surface area (Å²) in [5, 5.41) is 0. The number of carbonyl (C=O) groups is 3. The van der Waals surface area contributed by atoms with E-state index < -0.39 is 38.2 Å². The van der Waals surface area contributed by atoms with Crippen molar-refractivity contribution in [3.63, 3.8) is 0 Å². The summed E-state index contributed by atoms with van der Waals surface area (Å²) in [5.74, 6) is -1.55. The fourth-order valence-corrected chi connectivity index (χ4v) is 10.6. The smallest absolute Gasteiger partial charge is 0.297 e. The molecular formula is C47H56N4O6S. The highest BCUT2D eigenvalue weighted by atomic mass is 32.2. The Morgan fingerprint density at radius 3 is 2.45 bits per heavy atom. The fourth-order valence-electron chi connectivity index (χ4n) is 9.24. The zero-order valence-corrected chi connectivity index (χ0v) is 35.0. The van der Waals surface area contributed by atoms with Crippen molar-refractivity contribution in [3.05, 3.63) is 96.1 Å². The molecule has 3 aromatic carbocycles. The second-order valence-electron chi connectivity index (χ2n) is 17.8. The van der Waals surface area contributed by atoms with E-state index in [1.54, 1.807) is 11.8 Å². The van der Waals surface area contributed by atoms with Crippen LogP contribution in [0.3, 0.4) is 0 Å². The molecule has 3 heterocycles. The van der Waals surface area contributed by atoms with Gasteiger partial charge < -0.3 is 9.64 Å². The van der Waals surface area contributed by atoms with Crippen LogP contribution in [0.2, 0.25) is 0 Å². The number of aryl methyl sites for hydroxylation is 1. The van der Waals surface area contributed by atoms with Crippen molar-refractivity contribution in [2.24, 2.45) is 17.3 Å². The Morgan fingerprint density at radius 1 is 0.966 bits per heavy atom. The number of allylic oxidation sites excluding steroid dienone is 2. The minimum absolute atomic E-state index is 0.00454. The minimum Gasteiger partial charge on any atom is -0.459 e. The van der Waals surface area contributed by atoms with Crippen molar-refractivity contribution in [1.82, 2.24) is 19.2 Å². The summed E-state index contributed by atoms with van der Waals surface area (Å²) in [6.45, 7) is 8.11. The number of rotatable bonds is 9. The molecule has 1 aromatic heterocycles. The predicted molar refractivity (Wildman–Crippen MR) is 226 cm³/mol. The number of carbonyl (C=O) groups excluding carboxylic acids is 3. The van der Waals surface area contributed by atoms with Crippen molar-refractivity contribution < 1.29 is 27.5 Å². The van der Waals surface area contributed by atoms with Gasteiger partial charge in [-0.05, 0) is 101 Å². The first kappa shape index (κ1) is 40.0. The van der Waals surface area contributed by atoms with E-state index in [-0.39, 0.29) is 49.0 Å². The molecule has 0 unspecified atom stereocenters. The summed E-state index contributed by atoms with van der Waals surface area (Å²) >= 11 is 0. The van der Waals surface area contributed by atoms with Crippen molar-refractivity contribution in [2.75, 3.05) is 6.54 Å². The van der Waals surface area contributed by atoms with E-state index in [1.165, 1.54) is 0 Å². The van der Waals surface area contributed by atoms with E-state index in [2.05, 4.69) is 54.3 Å². The molecule has 3 fully saturated rings. The van der Waals surface area contributed by atoms with Crippen LogP contribution in [0.15, 0.2) is 84.9 Å². The number of Topliss-reactive ketones (excluding diaryl/α,β-unsaturated/α-hetero) is 1. The second-order valence-corrected chi connectivity index (χ2v) is 20.0. The monoisotopic (exact) mass is 804 g/mol. The summed E-state index contributed by atoms with van der Waals surface area (Å²) in [7, 11) is -3.91. The number of nitrogens with one attached hydrogen (secondary N) is 1. The zero-order chi connectivity index (χ0) is 40.8. The fraction of sp³-hybridized carbons (Fsp3) is 0.489. The largest absolute Gasteiger partial charge is 0.459 e. The molecule has 58 heavy (non-hydrogen) atoms. The summed E-state index contributed by atoms with van der Waals surface area (Å²) in [6.07, 6.45) is 9.80. The number of benzene rings is 3. The Labute approximate surface area is 342 Å². The molecule has 1 saturated heterocycles. The number of hydrogen-bond donors (Lipinski definition) is 1. The van der Waals surface area contributed by atoms with Gasteiger partial charge in [-0.15, -0.1) is 0 Å². The van der Waals surface area contributed by atoms with Gasteiger partial charge in [-0.2, -0.15) is 4.98 Å². The van der Waals surface area contributed by atoms with E-state index in [0.29, 0.717) is 38.1 Å². The van der Waals surface area contributed by atoms with Gasteiger partial charge in [0.2, 0.25) is 21.8 Å². The maximum Gasteiger partial charge on any atom is 0.297 e. The van der Waals surface area contributed by atoms with E-state index in [1.807, 2.05) is 60.7 Å². The van der Waals surface area contributed by atoms with Gasteiger partial charge in [0.05, 0.1) is 28.3 Å². The molecule has 2 aliphatic carbocycles. The number of imidazole rings is 1. The first-order chi connectivity index (χ1) is 27.8. The molecule has 8 rings (SSSR count). The summed E-state index contributed by atoms with van der Waals surface area (Å²) in [5.41, 5.74) is 4.85. The average Bonchev–Trinajstić information content (AvgIpc) is 4.02. The lowest BCUT2D eigenvalue weighted by Crippen LogP contribution is -2.47. The van der Waals surface area contributed by atoms with Gasteiger partial charge >= 0.3 is 0 Å². The number of para-hydroxylation sites is 1. The highest BCUT2D eigenvalue weighted by Crippen LogP contribution is 2.57. The number of fused-ring (bicyclic) bond motifs is 3. The Morgan fingerprint density at radius 2 is 1.71 bits per heavy atom. The molecule has 2 aliphatic heterocycles. The zero-order valence-electron chi connectivity index (χ0n) is 34.2. The Balaban J connectivity index is 1.14. The topological polar surface area (TPSA) is 128 Å². The molecule has 0 bridgehead atoms. The van der Waals surface area contributed by atoms with Crippen molar-refractivity contribution >= 4 is 38.7 Å².